The minimum atomic E-state index is -0.858. The first-order valence-electron chi connectivity index (χ1n) is 10.5. The van der Waals surface area contributed by atoms with Gasteiger partial charge in [0.2, 0.25) is 0 Å². The Bertz CT molecular complexity index is 739. The van der Waals surface area contributed by atoms with Gasteiger partial charge >= 0.3 is 0 Å². The van der Waals surface area contributed by atoms with Crippen molar-refractivity contribution >= 4 is 5.84 Å². The molecule has 150 valence electrons. The number of amidine groups is 1. The van der Waals surface area contributed by atoms with Gasteiger partial charge < -0.3 is 15.2 Å². The van der Waals surface area contributed by atoms with E-state index < -0.39 is 5.60 Å². The highest BCUT2D eigenvalue weighted by molar-refractivity contribution is 5.89. The van der Waals surface area contributed by atoms with E-state index in [1.165, 1.54) is 32.1 Å². The number of nitrogens with zero attached hydrogens (tertiary/aromatic N) is 2. The summed E-state index contributed by atoms with van der Waals surface area (Å²) in [6, 6.07) is 10.3. The van der Waals surface area contributed by atoms with Crippen molar-refractivity contribution in [2.45, 2.75) is 63.7 Å². The Hall–Kier alpha value is -2.06. The Morgan fingerprint density at radius 3 is 2.29 bits per heavy atom. The molecule has 0 saturated heterocycles. The molecule has 1 unspecified atom stereocenters. The number of ether oxygens (including phenoxy) is 2. The van der Waals surface area contributed by atoms with E-state index in [0.29, 0.717) is 30.3 Å². The van der Waals surface area contributed by atoms with Crippen LogP contribution in [0.2, 0.25) is 0 Å². The molecule has 4 aliphatic rings. The van der Waals surface area contributed by atoms with E-state index in [-0.39, 0.29) is 6.42 Å². The van der Waals surface area contributed by atoms with Crippen LogP contribution in [0.3, 0.4) is 0 Å². The number of nitriles is 1. The molecule has 28 heavy (non-hydrogen) atoms. The monoisotopic (exact) mass is 381 g/mol. The van der Waals surface area contributed by atoms with Crippen LogP contribution < -0.4 is 10.5 Å². The fourth-order valence-electron chi connectivity index (χ4n) is 5.74. The number of aliphatic imine (C=N–C) groups is 1. The van der Waals surface area contributed by atoms with Crippen LogP contribution in [-0.2, 0) is 11.3 Å². The van der Waals surface area contributed by atoms with Gasteiger partial charge in [-0.15, -0.1) is 0 Å². The zero-order valence-electron chi connectivity index (χ0n) is 16.9. The van der Waals surface area contributed by atoms with Gasteiger partial charge in [-0.2, -0.15) is 5.26 Å². The van der Waals surface area contributed by atoms with Crippen molar-refractivity contribution in [3.63, 3.8) is 0 Å². The summed E-state index contributed by atoms with van der Waals surface area (Å²) in [5.74, 6) is 4.45. The van der Waals surface area contributed by atoms with Gasteiger partial charge in [-0.25, -0.2) is 0 Å². The number of hydrogen-bond donors (Lipinski definition) is 1. The Morgan fingerprint density at radius 2 is 1.75 bits per heavy atom. The molecule has 4 aliphatic carbocycles. The molecule has 0 spiro atoms. The standard InChI is InChI=1S/C23H31N3O2/c1-23(7-8-24,28-14-15-3-5-20(27-2)6-4-15)22(25)26-21-18-10-16-9-17(12-18)13-19(21)11-16/h3-6,16-19,21H,7,9-14H2,1-2H3,(H2,25,26). The van der Waals surface area contributed by atoms with Crippen LogP contribution in [0.15, 0.2) is 29.3 Å². The molecule has 1 aromatic rings. The van der Waals surface area contributed by atoms with E-state index in [9.17, 15) is 5.26 Å². The summed E-state index contributed by atoms with van der Waals surface area (Å²) in [6.45, 7) is 2.29. The van der Waals surface area contributed by atoms with Crippen molar-refractivity contribution in [1.82, 2.24) is 0 Å². The molecule has 5 heteroatoms. The molecule has 2 N–H and O–H groups in total. The van der Waals surface area contributed by atoms with Crippen LogP contribution in [0.4, 0.5) is 0 Å². The van der Waals surface area contributed by atoms with Crippen LogP contribution >= 0.6 is 0 Å². The summed E-state index contributed by atoms with van der Waals surface area (Å²) in [4.78, 5) is 5.00. The van der Waals surface area contributed by atoms with Crippen LogP contribution in [0.5, 0.6) is 5.75 Å². The predicted molar refractivity (Wildman–Crippen MR) is 109 cm³/mol. The van der Waals surface area contributed by atoms with Crippen LogP contribution in [0, 0.1) is 35.0 Å². The zero-order chi connectivity index (χ0) is 19.7. The maximum atomic E-state index is 9.37. The number of rotatable bonds is 7. The summed E-state index contributed by atoms with van der Waals surface area (Å²) < 4.78 is 11.4. The number of nitrogens with two attached hydrogens (primary N) is 1. The lowest BCUT2D eigenvalue weighted by Gasteiger charge is -2.53. The topological polar surface area (TPSA) is 80.6 Å². The highest BCUT2D eigenvalue weighted by atomic mass is 16.5. The largest absolute Gasteiger partial charge is 0.497 e. The molecule has 4 saturated carbocycles. The molecule has 5 rings (SSSR count). The third kappa shape index (κ3) is 3.75. The molecule has 4 fully saturated rings. The van der Waals surface area contributed by atoms with Gasteiger partial charge in [0.25, 0.3) is 0 Å². The minimum Gasteiger partial charge on any atom is -0.497 e. The summed E-state index contributed by atoms with van der Waals surface area (Å²) >= 11 is 0. The van der Waals surface area contributed by atoms with Gasteiger partial charge in [0.15, 0.2) is 0 Å². The molecule has 0 heterocycles. The summed E-state index contributed by atoms with van der Waals surface area (Å²) in [5, 5.41) is 9.37. The summed E-state index contributed by atoms with van der Waals surface area (Å²) in [6.07, 6.45) is 6.83. The molecule has 0 amide bonds. The first-order chi connectivity index (χ1) is 13.5. The average molecular weight is 382 g/mol. The van der Waals surface area contributed by atoms with E-state index in [0.717, 1.165) is 23.1 Å². The molecular formula is C23H31N3O2. The van der Waals surface area contributed by atoms with Crippen molar-refractivity contribution < 1.29 is 9.47 Å². The molecular weight excluding hydrogens is 350 g/mol. The maximum Gasteiger partial charge on any atom is 0.135 e. The average Bonchev–Trinajstić information content (AvgIpc) is 2.69. The third-order valence-electron chi connectivity index (χ3n) is 7.14. The van der Waals surface area contributed by atoms with E-state index in [2.05, 4.69) is 6.07 Å². The van der Waals surface area contributed by atoms with Gasteiger partial charge in [-0.05, 0) is 80.4 Å². The number of methoxy groups -OCH3 is 1. The first kappa shape index (κ1) is 19.3. The Kier molecular flexibility index (Phi) is 5.33. The van der Waals surface area contributed by atoms with Crippen LogP contribution in [-0.4, -0.2) is 24.6 Å². The third-order valence-corrected chi connectivity index (χ3v) is 7.14. The molecule has 0 radical (unpaired) electrons. The lowest BCUT2D eigenvalue weighted by Crippen LogP contribution is -2.50. The van der Waals surface area contributed by atoms with E-state index in [1.807, 2.05) is 31.2 Å². The summed E-state index contributed by atoms with van der Waals surface area (Å²) in [5.41, 5.74) is 6.64. The van der Waals surface area contributed by atoms with E-state index in [1.54, 1.807) is 7.11 Å². The number of hydrogen-bond acceptors (Lipinski definition) is 4. The number of benzene rings is 1. The molecule has 0 aromatic heterocycles. The second kappa shape index (κ2) is 7.75. The summed E-state index contributed by atoms with van der Waals surface area (Å²) in [7, 11) is 1.65. The Labute approximate surface area is 167 Å². The lowest BCUT2D eigenvalue weighted by molar-refractivity contribution is -0.00451. The Balaban J connectivity index is 1.47. The maximum absolute atomic E-state index is 9.37. The highest BCUT2D eigenvalue weighted by Gasteiger charge is 2.48. The second-order valence-electron chi connectivity index (χ2n) is 9.14. The lowest BCUT2D eigenvalue weighted by atomic mass is 9.54. The molecule has 0 aliphatic heterocycles. The van der Waals surface area contributed by atoms with Crippen molar-refractivity contribution in [3.05, 3.63) is 29.8 Å². The van der Waals surface area contributed by atoms with E-state index >= 15 is 0 Å². The van der Waals surface area contributed by atoms with Crippen molar-refractivity contribution in [3.8, 4) is 11.8 Å². The minimum absolute atomic E-state index is 0.200. The molecule has 5 nitrogen and oxygen atoms in total. The fraction of sp³-hybridized carbons (Fsp3) is 0.652. The van der Waals surface area contributed by atoms with E-state index in [4.69, 9.17) is 20.2 Å². The van der Waals surface area contributed by atoms with Gasteiger partial charge in [0, 0.05) is 0 Å². The fourth-order valence-corrected chi connectivity index (χ4v) is 5.74. The van der Waals surface area contributed by atoms with Crippen molar-refractivity contribution in [2.75, 3.05) is 7.11 Å². The normalized spacial score (nSPS) is 33.3. The molecule has 4 bridgehead atoms. The van der Waals surface area contributed by atoms with Crippen molar-refractivity contribution in [2.24, 2.45) is 34.4 Å². The van der Waals surface area contributed by atoms with Gasteiger partial charge in [0.1, 0.15) is 17.2 Å². The van der Waals surface area contributed by atoms with Crippen molar-refractivity contribution in [1.29, 1.82) is 5.26 Å². The zero-order valence-corrected chi connectivity index (χ0v) is 16.9. The first-order valence-corrected chi connectivity index (χ1v) is 10.5. The second-order valence-corrected chi connectivity index (χ2v) is 9.14. The smallest absolute Gasteiger partial charge is 0.135 e. The predicted octanol–water partition coefficient (Wildman–Crippen LogP) is 4.07. The SMILES string of the molecule is COc1ccc(COC(C)(CC#N)C(N)=NC2C3CC4CC(C3)CC2C4)cc1. The van der Waals surface area contributed by atoms with Gasteiger partial charge in [-0.1, -0.05) is 12.1 Å². The van der Waals surface area contributed by atoms with Gasteiger partial charge in [-0.3, -0.25) is 4.99 Å². The van der Waals surface area contributed by atoms with Crippen LogP contribution in [0.1, 0.15) is 51.0 Å². The van der Waals surface area contributed by atoms with Gasteiger partial charge in [0.05, 0.1) is 32.2 Å². The highest BCUT2D eigenvalue weighted by Crippen LogP contribution is 2.54. The quantitative estimate of drug-likeness (QED) is 0.570. The molecule has 1 atom stereocenters. The Morgan fingerprint density at radius 1 is 1.14 bits per heavy atom. The molecule has 1 aromatic carbocycles. The van der Waals surface area contributed by atoms with Crippen LogP contribution in [0.25, 0.3) is 0 Å².